The lowest BCUT2D eigenvalue weighted by molar-refractivity contribution is 0.0342. The van der Waals surface area contributed by atoms with Crippen LogP contribution in [0.15, 0.2) is 48.5 Å². The zero-order valence-electron chi connectivity index (χ0n) is 13.3. The Kier molecular flexibility index (Phi) is 5.05. The first-order chi connectivity index (χ1) is 11.3. The van der Waals surface area contributed by atoms with Gasteiger partial charge in [-0.25, -0.2) is 0 Å². The number of carbonyl (C=O) groups excluding carboxylic acids is 1. The number of hydrogen-bond donors (Lipinski definition) is 0. The van der Waals surface area contributed by atoms with E-state index in [1.165, 1.54) is 5.56 Å². The van der Waals surface area contributed by atoms with E-state index < -0.39 is 0 Å². The van der Waals surface area contributed by atoms with Crippen molar-refractivity contribution in [3.63, 3.8) is 0 Å². The molecule has 1 fully saturated rings. The number of carbonyl (C=O) groups is 1. The fourth-order valence-electron chi connectivity index (χ4n) is 2.77. The van der Waals surface area contributed by atoms with E-state index in [4.69, 9.17) is 9.47 Å². The SMILES string of the molecule is COc1ccccc1C(=O)c1ccc(CN2CCOCC2)cc1. The minimum Gasteiger partial charge on any atom is -0.496 e. The molecule has 4 nitrogen and oxygen atoms in total. The molecular formula is C19H21NO3. The average molecular weight is 311 g/mol. The van der Waals surface area contributed by atoms with Gasteiger partial charge in [0, 0.05) is 25.2 Å². The summed E-state index contributed by atoms with van der Waals surface area (Å²) in [5, 5.41) is 0. The minimum absolute atomic E-state index is 0.0135. The Morgan fingerprint density at radius 2 is 1.78 bits per heavy atom. The summed E-state index contributed by atoms with van der Waals surface area (Å²) >= 11 is 0. The van der Waals surface area contributed by atoms with Crippen LogP contribution in [0.25, 0.3) is 0 Å². The fraction of sp³-hybridized carbons (Fsp3) is 0.316. The lowest BCUT2D eigenvalue weighted by atomic mass is 10.0. The summed E-state index contributed by atoms with van der Waals surface area (Å²) in [5.74, 6) is 0.593. The monoisotopic (exact) mass is 311 g/mol. The van der Waals surface area contributed by atoms with Crippen molar-refractivity contribution < 1.29 is 14.3 Å². The lowest BCUT2D eigenvalue weighted by Crippen LogP contribution is -2.35. The van der Waals surface area contributed by atoms with Gasteiger partial charge in [-0.15, -0.1) is 0 Å². The summed E-state index contributed by atoms with van der Waals surface area (Å²) in [7, 11) is 1.58. The van der Waals surface area contributed by atoms with E-state index in [2.05, 4.69) is 4.90 Å². The molecule has 4 heteroatoms. The molecule has 0 atom stereocenters. The van der Waals surface area contributed by atoms with Crippen LogP contribution in [-0.2, 0) is 11.3 Å². The van der Waals surface area contributed by atoms with Crippen molar-refractivity contribution in [1.82, 2.24) is 4.90 Å². The third-order valence-electron chi connectivity index (χ3n) is 4.08. The molecule has 0 bridgehead atoms. The second-order valence-corrected chi connectivity index (χ2v) is 5.61. The molecule has 2 aromatic rings. The molecule has 0 N–H and O–H groups in total. The van der Waals surface area contributed by atoms with Gasteiger partial charge < -0.3 is 9.47 Å². The standard InChI is InChI=1S/C19H21NO3/c1-22-18-5-3-2-4-17(18)19(21)16-8-6-15(7-9-16)14-20-10-12-23-13-11-20/h2-9H,10-14H2,1H3. The van der Waals surface area contributed by atoms with Gasteiger partial charge in [0.15, 0.2) is 5.78 Å². The summed E-state index contributed by atoms with van der Waals surface area (Å²) in [4.78, 5) is 15.0. The fourth-order valence-corrected chi connectivity index (χ4v) is 2.77. The third kappa shape index (κ3) is 3.78. The van der Waals surface area contributed by atoms with Gasteiger partial charge in [0.05, 0.1) is 25.9 Å². The number of methoxy groups -OCH3 is 1. The number of nitrogens with zero attached hydrogens (tertiary/aromatic N) is 1. The van der Waals surface area contributed by atoms with Crippen LogP contribution in [0.3, 0.4) is 0 Å². The van der Waals surface area contributed by atoms with E-state index in [9.17, 15) is 4.79 Å². The van der Waals surface area contributed by atoms with Crippen LogP contribution in [0, 0.1) is 0 Å². The Morgan fingerprint density at radius 1 is 1.09 bits per heavy atom. The highest BCUT2D eigenvalue weighted by molar-refractivity contribution is 6.10. The molecule has 3 rings (SSSR count). The van der Waals surface area contributed by atoms with Gasteiger partial charge in [-0.2, -0.15) is 0 Å². The Bertz CT molecular complexity index is 661. The van der Waals surface area contributed by atoms with Crippen molar-refractivity contribution in [3.05, 3.63) is 65.2 Å². The molecule has 0 aromatic heterocycles. The summed E-state index contributed by atoms with van der Waals surface area (Å²) in [6.07, 6.45) is 0. The van der Waals surface area contributed by atoms with Gasteiger partial charge in [0.2, 0.25) is 0 Å². The van der Waals surface area contributed by atoms with Crippen LogP contribution in [0.1, 0.15) is 21.5 Å². The lowest BCUT2D eigenvalue weighted by Gasteiger charge is -2.26. The normalized spacial score (nSPS) is 15.3. The molecule has 0 aliphatic carbocycles. The zero-order chi connectivity index (χ0) is 16.1. The largest absolute Gasteiger partial charge is 0.496 e. The van der Waals surface area contributed by atoms with Crippen molar-refractivity contribution in [2.24, 2.45) is 0 Å². The number of ether oxygens (including phenoxy) is 2. The molecular weight excluding hydrogens is 290 g/mol. The molecule has 0 radical (unpaired) electrons. The van der Waals surface area contributed by atoms with Crippen molar-refractivity contribution in [3.8, 4) is 5.75 Å². The molecule has 0 unspecified atom stereocenters. The van der Waals surface area contributed by atoms with E-state index in [0.29, 0.717) is 16.9 Å². The Balaban J connectivity index is 1.72. The molecule has 0 amide bonds. The quantitative estimate of drug-likeness (QED) is 0.796. The van der Waals surface area contributed by atoms with Gasteiger partial charge in [-0.3, -0.25) is 9.69 Å². The van der Waals surface area contributed by atoms with Crippen LogP contribution < -0.4 is 4.74 Å². The maximum absolute atomic E-state index is 12.6. The molecule has 23 heavy (non-hydrogen) atoms. The highest BCUT2D eigenvalue weighted by Crippen LogP contribution is 2.21. The van der Waals surface area contributed by atoms with Crippen LogP contribution in [0.4, 0.5) is 0 Å². The van der Waals surface area contributed by atoms with E-state index in [1.807, 2.05) is 36.4 Å². The second-order valence-electron chi connectivity index (χ2n) is 5.61. The summed E-state index contributed by atoms with van der Waals surface area (Å²) in [5.41, 5.74) is 2.49. The zero-order valence-corrected chi connectivity index (χ0v) is 13.3. The molecule has 2 aromatic carbocycles. The van der Waals surface area contributed by atoms with Gasteiger partial charge in [0.25, 0.3) is 0 Å². The summed E-state index contributed by atoms with van der Waals surface area (Å²) < 4.78 is 10.6. The van der Waals surface area contributed by atoms with E-state index >= 15 is 0 Å². The topological polar surface area (TPSA) is 38.8 Å². The Hall–Kier alpha value is -2.17. The predicted octanol–water partition coefficient (Wildman–Crippen LogP) is 2.76. The average Bonchev–Trinajstić information content (AvgIpc) is 2.62. The number of morpholine rings is 1. The maximum Gasteiger partial charge on any atom is 0.196 e. The molecule has 0 saturated carbocycles. The number of benzene rings is 2. The van der Waals surface area contributed by atoms with Crippen molar-refractivity contribution in [1.29, 1.82) is 0 Å². The highest BCUT2D eigenvalue weighted by atomic mass is 16.5. The maximum atomic E-state index is 12.6. The van der Waals surface area contributed by atoms with Crippen LogP contribution in [0.2, 0.25) is 0 Å². The van der Waals surface area contributed by atoms with Gasteiger partial charge in [-0.05, 0) is 17.7 Å². The first-order valence-electron chi connectivity index (χ1n) is 7.84. The predicted molar refractivity (Wildman–Crippen MR) is 89.0 cm³/mol. The van der Waals surface area contributed by atoms with Crippen molar-refractivity contribution in [2.75, 3.05) is 33.4 Å². The van der Waals surface area contributed by atoms with E-state index in [1.54, 1.807) is 19.2 Å². The Labute approximate surface area is 136 Å². The minimum atomic E-state index is -0.0135. The first kappa shape index (κ1) is 15.7. The third-order valence-corrected chi connectivity index (χ3v) is 4.08. The van der Waals surface area contributed by atoms with Crippen LogP contribution in [-0.4, -0.2) is 44.1 Å². The second kappa shape index (κ2) is 7.40. The van der Waals surface area contributed by atoms with Gasteiger partial charge >= 0.3 is 0 Å². The van der Waals surface area contributed by atoms with E-state index in [0.717, 1.165) is 32.8 Å². The number of para-hydroxylation sites is 1. The van der Waals surface area contributed by atoms with Crippen molar-refractivity contribution >= 4 is 5.78 Å². The molecule has 1 aliphatic heterocycles. The van der Waals surface area contributed by atoms with Gasteiger partial charge in [0.1, 0.15) is 5.75 Å². The number of hydrogen-bond acceptors (Lipinski definition) is 4. The first-order valence-corrected chi connectivity index (χ1v) is 7.84. The van der Waals surface area contributed by atoms with Crippen LogP contribution >= 0.6 is 0 Å². The molecule has 1 heterocycles. The Morgan fingerprint density at radius 3 is 2.48 bits per heavy atom. The number of ketones is 1. The number of rotatable bonds is 5. The van der Waals surface area contributed by atoms with Gasteiger partial charge in [-0.1, -0.05) is 36.4 Å². The smallest absolute Gasteiger partial charge is 0.196 e. The summed E-state index contributed by atoms with van der Waals surface area (Å²) in [6.45, 7) is 4.41. The molecule has 1 saturated heterocycles. The molecule has 0 spiro atoms. The van der Waals surface area contributed by atoms with Crippen molar-refractivity contribution in [2.45, 2.75) is 6.54 Å². The van der Waals surface area contributed by atoms with Crippen LogP contribution in [0.5, 0.6) is 5.75 Å². The summed E-state index contributed by atoms with van der Waals surface area (Å²) in [6, 6.07) is 15.2. The molecule has 120 valence electrons. The van der Waals surface area contributed by atoms with E-state index in [-0.39, 0.29) is 5.78 Å². The molecule has 1 aliphatic rings. The highest BCUT2D eigenvalue weighted by Gasteiger charge is 2.15.